The Morgan fingerprint density at radius 3 is 2.00 bits per heavy atom. The highest BCUT2D eigenvalue weighted by Crippen LogP contribution is 2.03. The molecule has 3 nitrogen and oxygen atoms in total. The zero-order valence-corrected chi connectivity index (χ0v) is 7.58. The molecule has 0 rings (SSSR count). The second kappa shape index (κ2) is 9.75. The van der Waals surface area contributed by atoms with Crippen molar-refractivity contribution in [2.75, 3.05) is 0 Å². The van der Waals surface area contributed by atoms with E-state index < -0.39 is 6.16 Å². The van der Waals surface area contributed by atoms with Crippen molar-refractivity contribution < 1.29 is 15.0 Å². The Morgan fingerprint density at radius 1 is 1.50 bits per heavy atom. The zero-order chi connectivity index (χ0) is 9.98. The fraction of sp³-hybridized carbons (Fsp3) is 0.444. The van der Waals surface area contributed by atoms with E-state index >= 15 is 0 Å². The topological polar surface area (TPSA) is 57.5 Å². The molecule has 0 aliphatic heterocycles. The molecule has 2 N–H and O–H groups in total. The van der Waals surface area contributed by atoms with Gasteiger partial charge in [-0.3, -0.25) is 0 Å². The van der Waals surface area contributed by atoms with E-state index in [9.17, 15) is 0 Å². The molecule has 0 aromatic rings. The van der Waals surface area contributed by atoms with Crippen molar-refractivity contribution in [2.45, 2.75) is 26.7 Å². The van der Waals surface area contributed by atoms with Gasteiger partial charge in [0.05, 0.1) is 0 Å². The van der Waals surface area contributed by atoms with Crippen LogP contribution < -0.4 is 0 Å². The summed E-state index contributed by atoms with van der Waals surface area (Å²) in [7, 11) is 0. The fourth-order valence-corrected chi connectivity index (χ4v) is 0.653. The van der Waals surface area contributed by atoms with Gasteiger partial charge in [-0.25, -0.2) is 4.79 Å². The molecule has 3 heteroatoms. The summed E-state index contributed by atoms with van der Waals surface area (Å²) in [6, 6.07) is 0. The summed E-state index contributed by atoms with van der Waals surface area (Å²) in [6.45, 7) is 7.90. The van der Waals surface area contributed by atoms with E-state index in [2.05, 4.69) is 19.6 Å². The molecule has 0 unspecified atom stereocenters. The standard InChI is InChI=1S/C8H14.CH2O3/c1-4-7-8(5-2)6-3;2-1(3)4/h5-6H,2,4,7H2,1,3H3;(H2,2,3,4). The lowest BCUT2D eigenvalue weighted by atomic mass is 10.1. The summed E-state index contributed by atoms with van der Waals surface area (Å²) in [5.41, 5.74) is 1.35. The molecular formula is C9H16O3. The molecule has 0 bridgehead atoms. The van der Waals surface area contributed by atoms with E-state index in [1.54, 1.807) is 0 Å². The maximum Gasteiger partial charge on any atom is 0.503 e. The van der Waals surface area contributed by atoms with Crippen molar-refractivity contribution in [1.29, 1.82) is 0 Å². The van der Waals surface area contributed by atoms with Crippen LogP contribution in [0.3, 0.4) is 0 Å². The first kappa shape index (κ1) is 13.3. The molecule has 0 heterocycles. The summed E-state index contributed by atoms with van der Waals surface area (Å²) in [5.74, 6) is 0. The SMILES string of the molecule is C=CC(=CC)CCC.O=C(O)O. The Labute approximate surface area is 73.0 Å². The van der Waals surface area contributed by atoms with Crippen LogP contribution in [0.5, 0.6) is 0 Å². The molecule has 0 aromatic carbocycles. The summed E-state index contributed by atoms with van der Waals surface area (Å²) in [6.07, 6.45) is 4.58. The van der Waals surface area contributed by atoms with Crippen LogP contribution in [0.25, 0.3) is 0 Å². The second-order valence-electron chi connectivity index (χ2n) is 2.10. The Hall–Kier alpha value is -1.25. The van der Waals surface area contributed by atoms with Crippen LogP contribution in [0.2, 0.25) is 0 Å². The molecule has 0 amide bonds. The third-order valence-corrected chi connectivity index (χ3v) is 1.17. The largest absolute Gasteiger partial charge is 0.503 e. The van der Waals surface area contributed by atoms with Crippen molar-refractivity contribution >= 4 is 6.16 Å². The number of carboxylic acid groups (broad SMARTS) is 2. The van der Waals surface area contributed by atoms with E-state index in [0.717, 1.165) is 0 Å². The predicted octanol–water partition coefficient (Wildman–Crippen LogP) is 3.14. The van der Waals surface area contributed by atoms with Crippen LogP contribution in [0, 0.1) is 0 Å². The molecule has 0 aromatic heterocycles. The Morgan fingerprint density at radius 2 is 1.92 bits per heavy atom. The first-order chi connectivity index (χ1) is 5.58. The zero-order valence-electron chi connectivity index (χ0n) is 7.58. The van der Waals surface area contributed by atoms with Crippen LogP contribution in [0.4, 0.5) is 4.79 Å². The fourth-order valence-electron chi connectivity index (χ4n) is 0.653. The molecule has 0 atom stereocenters. The van der Waals surface area contributed by atoms with Gasteiger partial charge in [0.1, 0.15) is 0 Å². The monoisotopic (exact) mass is 172 g/mol. The number of carbonyl (C=O) groups is 1. The van der Waals surface area contributed by atoms with Crippen LogP contribution in [0.1, 0.15) is 26.7 Å². The molecule has 0 aliphatic rings. The summed E-state index contributed by atoms with van der Waals surface area (Å²) in [5, 5.41) is 13.9. The van der Waals surface area contributed by atoms with Gasteiger partial charge < -0.3 is 10.2 Å². The molecule has 0 saturated heterocycles. The van der Waals surface area contributed by atoms with Crippen molar-refractivity contribution in [1.82, 2.24) is 0 Å². The van der Waals surface area contributed by atoms with Gasteiger partial charge in [-0.2, -0.15) is 0 Å². The number of allylic oxidation sites excluding steroid dienone is 3. The second-order valence-corrected chi connectivity index (χ2v) is 2.10. The van der Waals surface area contributed by atoms with Gasteiger partial charge >= 0.3 is 6.16 Å². The Kier molecular flexibility index (Phi) is 10.8. The lowest BCUT2D eigenvalue weighted by Crippen LogP contribution is -1.81. The lowest BCUT2D eigenvalue weighted by Gasteiger charge is -1.93. The third-order valence-electron chi connectivity index (χ3n) is 1.17. The van der Waals surface area contributed by atoms with Gasteiger partial charge in [0.15, 0.2) is 0 Å². The van der Waals surface area contributed by atoms with Gasteiger partial charge in [-0.15, -0.1) is 0 Å². The molecule has 12 heavy (non-hydrogen) atoms. The quantitative estimate of drug-likeness (QED) is 0.643. The molecular weight excluding hydrogens is 156 g/mol. The molecule has 0 fully saturated rings. The maximum absolute atomic E-state index is 8.56. The normalized spacial score (nSPS) is 9.67. The minimum absolute atomic E-state index is 1.17. The number of hydrogen-bond donors (Lipinski definition) is 2. The van der Waals surface area contributed by atoms with E-state index in [1.165, 1.54) is 18.4 Å². The van der Waals surface area contributed by atoms with Crippen LogP contribution >= 0.6 is 0 Å². The van der Waals surface area contributed by atoms with Gasteiger partial charge in [0.25, 0.3) is 0 Å². The highest BCUT2D eigenvalue weighted by Gasteiger charge is 1.83. The highest BCUT2D eigenvalue weighted by atomic mass is 16.6. The van der Waals surface area contributed by atoms with E-state index in [-0.39, 0.29) is 0 Å². The third kappa shape index (κ3) is 15.9. The van der Waals surface area contributed by atoms with Gasteiger partial charge in [-0.1, -0.05) is 37.6 Å². The minimum atomic E-state index is -1.83. The van der Waals surface area contributed by atoms with Gasteiger partial charge in [-0.05, 0) is 13.3 Å². The van der Waals surface area contributed by atoms with Gasteiger partial charge in [0.2, 0.25) is 0 Å². The summed E-state index contributed by atoms with van der Waals surface area (Å²) < 4.78 is 0. The van der Waals surface area contributed by atoms with Gasteiger partial charge in [0, 0.05) is 0 Å². The smallest absolute Gasteiger partial charge is 0.450 e. The molecule has 0 spiro atoms. The molecule has 0 aliphatic carbocycles. The maximum atomic E-state index is 8.56. The van der Waals surface area contributed by atoms with Crippen LogP contribution in [-0.4, -0.2) is 16.4 Å². The first-order valence-electron chi connectivity index (χ1n) is 3.77. The number of rotatable bonds is 3. The summed E-state index contributed by atoms with van der Waals surface area (Å²) in [4.78, 5) is 8.56. The van der Waals surface area contributed by atoms with E-state index in [0.29, 0.717) is 0 Å². The minimum Gasteiger partial charge on any atom is -0.450 e. The van der Waals surface area contributed by atoms with E-state index in [1.807, 2.05) is 13.0 Å². The van der Waals surface area contributed by atoms with Crippen molar-refractivity contribution in [3.8, 4) is 0 Å². The highest BCUT2D eigenvalue weighted by molar-refractivity contribution is 5.53. The Bertz CT molecular complexity index is 155. The Balaban J connectivity index is 0. The average Bonchev–Trinajstić information content (AvgIpc) is 1.99. The summed E-state index contributed by atoms with van der Waals surface area (Å²) >= 11 is 0. The van der Waals surface area contributed by atoms with Crippen molar-refractivity contribution in [3.63, 3.8) is 0 Å². The first-order valence-corrected chi connectivity index (χ1v) is 3.77. The van der Waals surface area contributed by atoms with E-state index in [4.69, 9.17) is 15.0 Å². The number of hydrogen-bond acceptors (Lipinski definition) is 1. The van der Waals surface area contributed by atoms with Crippen LogP contribution in [-0.2, 0) is 0 Å². The lowest BCUT2D eigenvalue weighted by molar-refractivity contribution is 0.137. The molecule has 70 valence electrons. The van der Waals surface area contributed by atoms with Crippen LogP contribution in [0.15, 0.2) is 24.3 Å². The predicted molar refractivity (Wildman–Crippen MR) is 49.5 cm³/mol. The molecule has 0 saturated carbocycles. The van der Waals surface area contributed by atoms with Crippen molar-refractivity contribution in [3.05, 3.63) is 24.3 Å². The average molecular weight is 172 g/mol. The van der Waals surface area contributed by atoms with Crippen molar-refractivity contribution in [2.24, 2.45) is 0 Å². The molecule has 0 radical (unpaired) electrons.